The van der Waals surface area contributed by atoms with Crippen molar-refractivity contribution < 1.29 is 42.1 Å². The first kappa shape index (κ1) is 48.8. The maximum absolute atomic E-state index is 12.6. The second-order valence-corrected chi connectivity index (χ2v) is 16.5. The molecular weight excluding hydrogens is 653 g/mol. The van der Waals surface area contributed by atoms with Crippen molar-refractivity contribution in [2.45, 2.75) is 187 Å². The van der Waals surface area contributed by atoms with Gasteiger partial charge < -0.3 is 18.9 Å². The number of carbonyl (C=O) groups excluding carboxylic acids is 2. The van der Waals surface area contributed by atoms with Crippen LogP contribution in [0.15, 0.2) is 12.2 Å². The van der Waals surface area contributed by atoms with Gasteiger partial charge in [0, 0.05) is 12.8 Å². The molecule has 0 amide bonds. The molecule has 296 valence electrons. The van der Waals surface area contributed by atoms with Crippen LogP contribution in [-0.2, 0) is 32.7 Å². The third-order valence-electron chi connectivity index (χ3n) is 8.80. The van der Waals surface area contributed by atoms with E-state index in [9.17, 15) is 19.0 Å². The smallest absolute Gasteiger partial charge is 0.462 e. The van der Waals surface area contributed by atoms with Gasteiger partial charge in [-0.25, -0.2) is 4.57 Å². The van der Waals surface area contributed by atoms with Crippen molar-refractivity contribution >= 4 is 19.8 Å². The van der Waals surface area contributed by atoms with Gasteiger partial charge in [0.1, 0.15) is 19.8 Å². The van der Waals surface area contributed by atoms with Crippen LogP contribution in [0.1, 0.15) is 181 Å². The molecule has 0 aliphatic heterocycles. The molecule has 0 aliphatic rings. The van der Waals surface area contributed by atoms with E-state index in [-0.39, 0.29) is 32.0 Å². The number of esters is 2. The van der Waals surface area contributed by atoms with E-state index in [1.165, 1.54) is 96.3 Å². The Hall–Kier alpha value is -1.25. The lowest BCUT2D eigenvalue weighted by molar-refractivity contribution is -0.870. The molecule has 0 saturated carbocycles. The maximum Gasteiger partial charge on any atom is 0.472 e. The zero-order valence-electron chi connectivity index (χ0n) is 33.1. The molecular formula is C40H79NO8P+. The summed E-state index contributed by atoms with van der Waals surface area (Å²) < 4.78 is 34.2. The standard InChI is InChI=1S/C40H78NO8P/c1-6-8-10-12-14-16-18-20-21-23-25-27-29-31-33-40(43)49-38(37-48-50(44,45)47-35-34-41(3,4)5)36-46-39(42)32-30-28-26-24-22-19-17-15-13-11-9-7-2/h15,17,38H,6-14,16,18-37H2,1-5H3/p+1/b17-15-/t38-/m1/s1. The average Bonchev–Trinajstić information content (AvgIpc) is 3.06. The number of carbonyl (C=O) groups is 2. The summed E-state index contributed by atoms with van der Waals surface area (Å²) in [5.41, 5.74) is 0. The Bertz CT molecular complexity index is 876. The second-order valence-electron chi connectivity index (χ2n) is 15.0. The molecule has 0 aliphatic carbocycles. The molecule has 0 aromatic heterocycles. The molecule has 0 rings (SSSR count). The third kappa shape index (κ3) is 36.5. The zero-order chi connectivity index (χ0) is 37.2. The number of allylic oxidation sites excluding steroid dienone is 2. The molecule has 2 atom stereocenters. The largest absolute Gasteiger partial charge is 0.472 e. The fraction of sp³-hybridized carbons (Fsp3) is 0.900. The van der Waals surface area contributed by atoms with Gasteiger partial charge in [0.25, 0.3) is 0 Å². The van der Waals surface area contributed by atoms with Gasteiger partial charge in [0.05, 0.1) is 27.7 Å². The van der Waals surface area contributed by atoms with E-state index in [1.807, 2.05) is 21.1 Å². The third-order valence-corrected chi connectivity index (χ3v) is 9.78. The van der Waals surface area contributed by atoms with Gasteiger partial charge in [-0.15, -0.1) is 0 Å². The molecule has 0 bridgehead atoms. The van der Waals surface area contributed by atoms with Crippen molar-refractivity contribution in [3.63, 3.8) is 0 Å². The Balaban J connectivity index is 4.40. The Kier molecular flexibility index (Phi) is 32.7. The van der Waals surface area contributed by atoms with Gasteiger partial charge in [-0.3, -0.25) is 18.6 Å². The Morgan fingerprint density at radius 2 is 1.02 bits per heavy atom. The highest BCUT2D eigenvalue weighted by Gasteiger charge is 2.27. The van der Waals surface area contributed by atoms with Gasteiger partial charge in [0.15, 0.2) is 6.10 Å². The molecule has 0 aromatic rings. The van der Waals surface area contributed by atoms with E-state index < -0.39 is 26.5 Å². The lowest BCUT2D eigenvalue weighted by Gasteiger charge is -2.24. The van der Waals surface area contributed by atoms with E-state index in [2.05, 4.69) is 26.0 Å². The molecule has 0 radical (unpaired) electrons. The van der Waals surface area contributed by atoms with Crippen LogP contribution in [0.5, 0.6) is 0 Å². The number of quaternary nitrogens is 1. The van der Waals surface area contributed by atoms with E-state index >= 15 is 0 Å². The van der Waals surface area contributed by atoms with Crippen LogP contribution in [0.25, 0.3) is 0 Å². The van der Waals surface area contributed by atoms with Gasteiger partial charge in [-0.1, -0.05) is 142 Å². The molecule has 10 heteroatoms. The molecule has 0 heterocycles. The summed E-state index contributed by atoms with van der Waals surface area (Å²) in [4.78, 5) is 35.2. The first-order chi connectivity index (χ1) is 24.0. The van der Waals surface area contributed by atoms with Crippen LogP contribution in [-0.4, -0.2) is 74.9 Å². The minimum Gasteiger partial charge on any atom is -0.462 e. The molecule has 0 aromatic carbocycles. The number of likely N-dealkylation sites (N-methyl/N-ethyl adjacent to an activating group) is 1. The van der Waals surface area contributed by atoms with Gasteiger partial charge in [-0.05, 0) is 38.5 Å². The van der Waals surface area contributed by atoms with Crippen LogP contribution >= 0.6 is 7.82 Å². The number of phosphoric ester groups is 1. The summed E-state index contributed by atoms with van der Waals surface area (Å²) in [6.07, 6.45) is 32.5. The highest BCUT2D eigenvalue weighted by molar-refractivity contribution is 7.47. The van der Waals surface area contributed by atoms with Crippen LogP contribution in [0.3, 0.4) is 0 Å². The molecule has 0 saturated heterocycles. The first-order valence-electron chi connectivity index (χ1n) is 20.4. The fourth-order valence-corrected chi connectivity index (χ4v) is 6.28. The minimum absolute atomic E-state index is 0.0333. The average molecular weight is 733 g/mol. The highest BCUT2D eigenvalue weighted by Crippen LogP contribution is 2.43. The Morgan fingerprint density at radius 1 is 0.600 bits per heavy atom. The molecule has 1 unspecified atom stereocenters. The van der Waals surface area contributed by atoms with Crippen LogP contribution in [0, 0.1) is 0 Å². The van der Waals surface area contributed by atoms with Crippen molar-refractivity contribution in [2.24, 2.45) is 0 Å². The number of rotatable bonds is 37. The summed E-state index contributed by atoms with van der Waals surface area (Å²) >= 11 is 0. The van der Waals surface area contributed by atoms with Crippen LogP contribution in [0.2, 0.25) is 0 Å². The second kappa shape index (κ2) is 33.6. The van der Waals surface area contributed by atoms with Crippen molar-refractivity contribution in [3.8, 4) is 0 Å². The topological polar surface area (TPSA) is 108 Å². The predicted molar refractivity (Wildman–Crippen MR) is 206 cm³/mol. The van der Waals surface area contributed by atoms with E-state index in [0.29, 0.717) is 17.4 Å². The van der Waals surface area contributed by atoms with Crippen molar-refractivity contribution in [3.05, 3.63) is 12.2 Å². The summed E-state index contributed by atoms with van der Waals surface area (Å²) in [6, 6.07) is 0. The first-order valence-corrected chi connectivity index (χ1v) is 21.9. The normalized spacial score (nSPS) is 13.8. The van der Waals surface area contributed by atoms with Gasteiger partial charge in [0.2, 0.25) is 0 Å². The quantitative estimate of drug-likeness (QED) is 0.0221. The molecule has 9 nitrogen and oxygen atoms in total. The predicted octanol–water partition coefficient (Wildman–Crippen LogP) is 11.0. The Morgan fingerprint density at radius 3 is 1.52 bits per heavy atom. The van der Waals surface area contributed by atoms with Gasteiger partial charge in [-0.2, -0.15) is 0 Å². The Labute approximate surface area is 307 Å². The number of unbranched alkanes of at least 4 members (excludes halogenated alkanes) is 21. The fourth-order valence-electron chi connectivity index (χ4n) is 5.54. The van der Waals surface area contributed by atoms with Crippen molar-refractivity contribution in [2.75, 3.05) is 47.5 Å². The molecule has 0 fully saturated rings. The van der Waals surface area contributed by atoms with Crippen molar-refractivity contribution in [1.29, 1.82) is 0 Å². The van der Waals surface area contributed by atoms with Crippen LogP contribution < -0.4 is 0 Å². The number of phosphoric acid groups is 1. The molecule has 0 spiro atoms. The summed E-state index contributed by atoms with van der Waals surface area (Å²) in [5.74, 6) is -0.803. The summed E-state index contributed by atoms with van der Waals surface area (Å²) in [6.45, 7) is 4.39. The number of hydrogen-bond acceptors (Lipinski definition) is 7. The highest BCUT2D eigenvalue weighted by atomic mass is 31.2. The number of ether oxygens (including phenoxy) is 2. The van der Waals surface area contributed by atoms with E-state index in [4.69, 9.17) is 18.5 Å². The lowest BCUT2D eigenvalue weighted by atomic mass is 10.0. The van der Waals surface area contributed by atoms with Gasteiger partial charge >= 0.3 is 19.8 Å². The van der Waals surface area contributed by atoms with E-state index in [1.54, 1.807) is 0 Å². The summed E-state index contributed by atoms with van der Waals surface area (Å²) in [7, 11) is 1.48. The maximum atomic E-state index is 12.6. The monoisotopic (exact) mass is 733 g/mol. The minimum atomic E-state index is -4.36. The number of hydrogen-bond donors (Lipinski definition) is 1. The number of nitrogens with zero attached hydrogens (tertiary/aromatic N) is 1. The SMILES string of the molecule is CCCCC/C=C\CCCCCCCC(=O)OC[C@H](COP(=O)(O)OCC[N+](C)(C)C)OC(=O)CCCCCCCCCCCCCCCC. The summed E-state index contributed by atoms with van der Waals surface area (Å²) in [5, 5.41) is 0. The van der Waals surface area contributed by atoms with Crippen LogP contribution in [0.4, 0.5) is 0 Å². The van der Waals surface area contributed by atoms with E-state index in [0.717, 1.165) is 51.4 Å². The zero-order valence-corrected chi connectivity index (χ0v) is 34.0. The van der Waals surface area contributed by atoms with Crippen molar-refractivity contribution in [1.82, 2.24) is 0 Å². The lowest BCUT2D eigenvalue weighted by Crippen LogP contribution is -2.37. The molecule has 1 N–H and O–H groups in total. The molecule has 50 heavy (non-hydrogen) atoms.